The summed E-state index contributed by atoms with van der Waals surface area (Å²) in [7, 11) is 0. The van der Waals surface area contributed by atoms with Gasteiger partial charge in [-0.15, -0.1) is 11.3 Å². The first-order chi connectivity index (χ1) is 15.1. The molecule has 5 aromatic rings. The van der Waals surface area contributed by atoms with Gasteiger partial charge in [0.2, 0.25) is 0 Å². The number of hydrogen-bond donors (Lipinski definition) is 0. The van der Waals surface area contributed by atoms with Crippen molar-refractivity contribution < 1.29 is 4.79 Å². The summed E-state index contributed by atoms with van der Waals surface area (Å²) in [5, 5.41) is 0.696. The van der Waals surface area contributed by atoms with Gasteiger partial charge in [-0.3, -0.25) is 14.7 Å². The minimum absolute atomic E-state index is 0.0793. The van der Waals surface area contributed by atoms with E-state index >= 15 is 0 Å². The summed E-state index contributed by atoms with van der Waals surface area (Å²) < 4.78 is 2.08. The number of rotatable bonds is 5. The van der Waals surface area contributed by atoms with Gasteiger partial charge >= 0.3 is 0 Å². The van der Waals surface area contributed by atoms with Crippen molar-refractivity contribution in [2.24, 2.45) is 0 Å². The molecule has 7 heteroatoms. The quantitative estimate of drug-likeness (QED) is 0.320. The number of thiazole rings is 2. The van der Waals surface area contributed by atoms with Crippen molar-refractivity contribution >= 4 is 54.1 Å². The van der Waals surface area contributed by atoms with Crippen LogP contribution in [0.1, 0.15) is 41.3 Å². The lowest BCUT2D eigenvalue weighted by atomic mass is 10.0. The molecule has 0 bridgehead atoms. The molecule has 0 aliphatic heterocycles. The van der Waals surface area contributed by atoms with E-state index in [0.717, 1.165) is 26.0 Å². The molecule has 3 aromatic heterocycles. The highest BCUT2D eigenvalue weighted by Crippen LogP contribution is 2.35. The van der Waals surface area contributed by atoms with Crippen molar-refractivity contribution in [1.82, 2.24) is 15.0 Å². The van der Waals surface area contributed by atoms with Crippen LogP contribution in [0.5, 0.6) is 0 Å². The summed E-state index contributed by atoms with van der Waals surface area (Å²) in [5.74, 6) is 0.277. The van der Waals surface area contributed by atoms with Crippen LogP contribution in [-0.4, -0.2) is 20.9 Å². The summed E-state index contributed by atoms with van der Waals surface area (Å²) in [6.07, 6.45) is 3.53. The van der Waals surface area contributed by atoms with Gasteiger partial charge in [0.05, 0.1) is 32.5 Å². The third kappa shape index (κ3) is 3.82. The topological polar surface area (TPSA) is 59.0 Å². The maximum absolute atomic E-state index is 13.7. The van der Waals surface area contributed by atoms with Gasteiger partial charge in [0.1, 0.15) is 0 Å². The highest BCUT2D eigenvalue weighted by atomic mass is 32.1. The number of pyridine rings is 1. The Bertz CT molecular complexity index is 1370. The van der Waals surface area contributed by atoms with E-state index in [-0.39, 0.29) is 5.91 Å². The van der Waals surface area contributed by atoms with Crippen LogP contribution in [0.4, 0.5) is 5.13 Å². The Morgan fingerprint density at radius 3 is 2.81 bits per heavy atom. The third-order valence-corrected chi connectivity index (χ3v) is 7.01. The molecule has 0 aliphatic carbocycles. The molecule has 0 unspecified atom stereocenters. The first-order valence-corrected chi connectivity index (χ1v) is 11.7. The lowest BCUT2D eigenvalue weighted by Crippen LogP contribution is -2.30. The third-order valence-electron chi connectivity index (χ3n) is 5.18. The summed E-state index contributed by atoms with van der Waals surface area (Å²) in [4.78, 5) is 28.9. The van der Waals surface area contributed by atoms with E-state index in [1.807, 2.05) is 30.3 Å². The van der Waals surface area contributed by atoms with Gasteiger partial charge in [-0.25, -0.2) is 9.97 Å². The van der Waals surface area contributed by atoms with Crippen LogP contribution in [0.25, 0.3) is 20.4 Å². The van der Waals surface area contributed by atoms with E-state index in [9.17, 15) is 4.79 Å². The van der Waals surface area contributed by atoms with E-state index in [1.54, 1.807) is 34.1 Å². The van der Waals surface area contributed by atoms with Crippen molar-refractivity contribution in [3.63, 3.8) is 0 Å². The summed E-state index contributed by atoms with van der Waals surface area (Å²) in [6.45, 7) is 4.73. The van der Waals surface area contributed by atoms with E-state index in [0.29, 0.717) is 23.2 Å². The number of benzene rings is 2. The first-order valence-electron chi connectivity index (χ1n) is 10.0. The number of carbonyl (C=O) groups excluding carboxylic acids is 1. The van der Waals surface area contributed by atoms with Crippen LogP contribution < -0.4 is 4.90 Å². The largest absolute Gasteiger partial charge is 0.279 e. The molecular weight excluding hydrogens is 424 g/mol. The smallest absolute Gasteiger partial charge is 0.260 e. The van der Waals surface area contributed by atoms with Crippen molar-refractivity contribution in [3.05, 3.63) is 83.1 Å². The fraction of sp³-hybridized carbons (Fsp3) is 0.167. The Morgan fingerprint density at radius 2 is 2.00 bits per heavy atom. The standard InChI is InChI=1S/C24H20N4OS2/c1-15(2)18-6-3-7-20-22(18)27-24(31-20)28(13-16-5-4-10-25-12-16)23(29)17-8-9-19-21(11-17)30-14-26-19/h3-12,14-15H,13H2,1-2H3. The maximum atomic E-state index is 13.7. The number of hydrogen-bond acceptors (Lipinski definition) is 6. The van der Waals surface area contributed by atoms with Crippen molar-refractivity contribution in [1.29, 1.82) is 0 Å². The van der Waals surface area contributed by atoms with Crippen LogP contribution in [0.15, 0.2) is 66.4 Å². The molecule has 0 fully saturated rings. The predicted molar refractivity (Wildman–Crippen MR) is 128 cm³/mol. The molecule has 0 N–H and O–H groups in total. The fourth-order valence-corrected chi connectivity index (χ4v) is 5.30. The molecule has 0 aliphatic rings. The Labute approximate surface area is 188 Å². The second kappa shape index (κ2) is 8.17. The molecule has 154 valence electrons. The van der Waals surface area contributed by atoms with Crippen molar-refractivity contribution in [3.8, 4) is 0 Å². The summed E-state index contributed by atoms with van der Waals surface area (Å²) in [6, 6.07) is 15.8. The number of nitrogens with zero attached hydrogens (tertiary/aromatic N) is 4. The van der Waals surface area contributed by atoms with Crippen molar-refractivity contribution in [2.45, 2.75) is 26.3 Å². The van der Waals surface area contributed by atoms with Gasteiger partial charge in [0, 0.05) is 18.0 Å². The normalized spacial score (nSPS) is 11.5. The SMILES string of the molecule is CC(C)c1cccc2sc(N(Cc3cccnc3)C(=O)c3ccc4ncsc4c3)nc12. The molecule has 0 atom stereocenters. The number of carbonyl (C=O) groups is 1. The minimum Gasteiger partial charge on any atom is -0.279 e. The number of fused-ring (bicyclic) bond motifs is 2. The van der Waals surface area contributed by atoms with Crippen LogP contribution >= 0.6 is 22.7 Å². The van der Waals surface area contributed by atoms with Gasteiger partial charge in [-0.2, -0.15) is 0 Å². The molecule has 0 radical (unpaired) electrons. The Kier molecular flexibility index (Phi) is 5.21. The van der Waals surface area contributed by atoms with Crippen LogP contribution in [0.3, 0.4) is 0 Å². The number of anilines is 1. The second-order valence-corrected chi connectivity index (χ2v) is 9.53. The molecular formula is C24H20N4OS2. The molecule has 31 heavy (non-hydrogen) atoms. The van der Waals surface area contributed by atoms with E-state index < -0.39 is 0 Å². The number of aromatic nitrogens is 3. The van der Waals surface area contributed by atoms with E-state index in [2.05, 4.69) is 42.0 Å². The molecule has 2 aromatic carbocycles. The average molecular weight is 445 g/mol. The number of para-hydroxylation sites is 1. The molecule has 3 heterocycles. The molecule has 5 nitrogen and oxygen atoms in total. The molecule has 0 saturated heterocycles. The second-order valence-electron chi connectivity index (χ2n) is 7.63. The Balaban J connectivity index is 1.61. The zero-order valence-electron chi connectivity index (χ0n) is 17.1. The fourth-order valence-electron chi connectivity index (χ4n) is 3.58. The van der Waals surface area contributed by atoms with Crippen LogP contribution in [0.2, 0.25) is 0 Å². The Morgan fingerprint density at radius 1 is 1.10 bits per heavy atom. The van der Waals surface area contributed by atoms with Gasteiger partial charge in [-0.05, 0) is 47.4 Å². The zero-order chi connectivity index (χ0) is 21.4. The summed E-state index contributed by atoms with van der Waals surface area (Å²) >= 11 is 3.08. The van der Waals surface area contributed by atoms with Gasteiger partial charge < -0.3 is 0 Å². The average Bonchev–Trinajstić information content (AvgIpc) is 3.43. The molecule has 0 spiro atoms. The predicted octanol–water partition coefficient (Wildman–Crippen LogP) is 6.27. The lowest BCUT2D eigenvalue weighted by Gasteiger charge is -2.20. The van der Waals surface area contributed by atoms with Crippen molar-refractivity contribution in [2.75, 3.05) is 4.90 Å². The van der Waals surface area contributed by atoms with Crippen LogP contribution in [-0.2, 0) is 6.54 Å². The minimum atomic E-state index is -0.0793. The summed E-state index contributed by atoms with van der Waals surface area (Å²) in [5.41, 5.74) is 6.45. The first kappa shape index (κ1) is 19.8. The molecule has 5 rings (SSSR count). The monoisotopic (exact) mass is 444 g/mol. The molecule has 1 amide bonds. The Hall–Kier alpha value is -3.16. The number of amides is 1. The highest BCUT2D eigenvalue weighted by Gasteiger charge is 2.23. The maximum Gasteiger partial charge on any atom is 0.260 e. The molecule has 0 saturated carbocycles. The van der Waals surface area contributed by atoms with Gasteiger partial charge in [-0.1, -0.05) is 43.4 Å². The zero-order valence-corrected chi connectivity index (χ0v) is 18.8. The lowest BCUT2D eigenvalue weighted by molar-refractivity contribution is 0.0985. The van der Waals surface area contributed by atoms with E-state index in [1.165, 1.54) is 16.9 Å². The highest BCUT2D eigenvalue weighted by molar-refractivity contribution is 7.22. The van der Waals surface area contributed by atoms with E-state index in [4.69, 9.17) is 4.98 Å². The van der Waals surface area contributed by atoms with Gasteiger partial charge in [0.25, 0.3) is 5.91 Å². The van der Waals surface area contributed by atoms with Crippen LogP contribution in [0, 0.1) is 0 Å². The van der Waals surface area contributed by atoms with Gasteiger partial charge in [0.15, 0.2) is 5.13 Å².